The zero-order chi connectivity index (χ0) is 12.9. The Bertz CT molecular complexity index is 357. The van der Waals surface area contributed by atoms with Crippen LogP contribution in [-0.4, -0.2) is 22.1 Å². The summed E-state index contributed by atoms with van der Waals surface area (Å²) in [5.41, 5.74) is 0.138. The van der Waals surface area contributed by atoms with Crippen LogP contribution in [0.25, 0.3) is 0 Å². The lowest BCUT2D eigenvalue weighted by Crippen LogP contribution is -2.30. The van der Waals surface area contributed by atoms with Crippen LogP contribution in [0.15, 0.2) is 24.4 Å². The van der Waals surface area contributed by atoms with Crippen molar-refractivity contribution < 1.29 is 9.90 Å². The minimum Gasteiger partial charge on any atom is -0.480 e. The molecule has 1 aromatic heterocycles. The maximum atomic E-state index is 11.1. The second-order valence-corrected chi connectivity index (χ2v) is 5.35. The lowest BCUT2D eigenvalue weighted by Gasteiger charge is -2.21. The molecule has 0 unspecified atom stereocenters. The van der Waals surface area contributed by atoms with Gasteiger partial charge < -0.3 is 10.4 Å². The van der Waals surface area contributed by atoms with E-state index in [1.165, 1.54) is 0 Å². The molecular formula is C13H20N2O2. The van der Waals surface area contributed by atoms with Crippen molar-refractivity contribution in [1.29, 1.82) is 0 Å². The van der Waals surface area contributed by atoms with Crippen molar-refractivity contribution in [2.75, 3.05) is 5.32 Å². The molecule has 0 aliphatic rings. The number of hydrogen-bond acceptors (Lipinski definition) is 3. The summed E-state index contributed by atoms with van der Waals surface area (Å²) in [6, 6.07) is 4.82. The quantitative estimate of drug-likeness (QED) is 0.825. The van der Waals surface area contributed by atoms with Gasteiger partial charge in [-0.15, -0.1) is 0 Å². The molecule has 17 heavy (non-hydrogen) atoms. The Kier molecular flexibility index (Phi) is 4.49. The fraction of sp³-hybridized carbons (Fsp3) is 0.538. The third-order valence-corrected chi connectivity index (χ3v) is 2.47. The van der Waals surface area contributed by atoms with Crippen LogP contribution < -0.4 is 5.32 Å². The van der Waals surface area contributed by atoms with Crippen LogP contribution in [-0.2, 0) is 4.79 Å². The van der Waals surface area contributed by atoms with E-state index in [2.05, 4.69) is 31.1 Å². The summed E-state index contributed by atoms with van der Waals surface area (Å²) in [7, 11) is 0. The van der Waals surface area contributed by atoms with E-state index in [9.17, 15) is 4.79 Å². The van der Waals surface area contributed by atoms with Crippen molar-refractivity contribution in [2.24, 2.45) is 5.41 Å². The SMILES string of the molecule is CC(C)(C)CC[C@H](Nc1ccccn1)C(=O)O. The summed E-state index contributed by atoms with van der Waals surface area (Å²) in [6.07, 6.45) is 3.09. The van der Waals surface area contributed by atoms with Gasteiger partial charge in [-0.3, -0.25) is 0 Å². The van der Waals surface area contributed by atoms with Gasteiger partial charge in [0.15, 0.2) is 0 Å². The van der Waals surface area contributed by atoms with Gasteiger partial charge in [-0.25, -0.2) is 9.78 Å². The number of hydrogen-bond donors (Lipinski definition) is 2. The number of nitrogens with zero attached hydrogens (tertiary/aromatic N) is 1. The smallest absolute Gasteiger partial charge is 0.326 e. The summed E-state index contributed by atoms with van der Waals surface area (Å²) in [5, 5.41) is 12.1. The number of carbonyl (C=O) groups is 1. The van der Waals surface area contributed by atoms with Crippen molar-refractivity contribution in [3.63, 3.8) is 0 Å². The molecule has 2 N–H and O–H groups in total. The highest BCUT2D eigenvalue weighted by Gasteiger charge is 2.20. The standard InChI is InChI=1S/C13H20N2O2/c1-13(2,3)8-7-10(12(16)17)15-11-6-4-5-9-14-11/h4-6,9-10H,7-8H2,1-3H3,(H,14,15)(H,16,17)/t10-/m0/s1. The van der Waals surface area contributed by atoms with Gasteiger partial charge in [0.2, 0.25) is 0 Å². The lowest BCUT2D eigenvalue weighted by molar-refractivity contribution is -0.138. The molecule has 1 atom stereocenters. The molecular weight excluding hydrogens is 216 g/mol. The topological polar surface area (TPSA) is 62.2 Å². The highest BCUT2D eigenvalue weighted by Crippen LogP contribution is 2.22. The molecule has 0 aliphatic heterocycles. The summed E-state index contributed by atoms with van der Waals surface area (Å²) >= 11 is 0. The minimum atomic E-state index is -0.833. The normalized spacial score (nSPS) is 13.1. The van der Waals surface area contributed by atoms with Crippen molar-refractivity contribution in [3.8, 4) is 0 Å². The molecule has 0 fully saturated rings. The number of carboxylic acids is 1. The summed E-state index contributed by atoms with van der Waals surface area (Å²) in [6.45, 7) is 6.31. The van der Waals surface area contributed by atoms with E-state index in [0.717, 1.165) is 6.42 Å². The first-order chi connectivity index (χ1) is 7.88. The average Bonchev–Trinajstić information content (AvgIpc) is 2.24. The summed E-state index contributed by atoms with van der Waals surface area (Å²) in [4.78, 5) is 15.2. The zero-order valence-electron chi connectivity index (χ0n) is 10.6. The fourth-order valence-electron chi connectivity index (χ4n) is 1.46. The Morgan fingerprint density at radius 2 is 2.18 bits per heavy atom. The van der Waals surface area contributed by atoms with Gasteiger partial charge in [-0.05, 0) is 30.4 Å². The van der Waals surface area contributed by atoms with Crippen LogP contribution in [0.1, 0.15) is 33.6 Å². The molecule has 94 valence electrons. The Morgan fingerprint density at radius 3 is 2.65 bits per heavy atom. The Morgan fingerprint density at radius 1 is 1.47 bits per heavy atom. The van der Waals surface area contributed by atoms with Gasteiger partial charge in [0.05, 0.1) is 0 Å². The number of aliphatic carboxylic acids is 1. The zero-order valence-corrected chi connectivity index (χ0v) is 10.6. The molecule has 0 bridgehead atoms. The third kappa shape index (κ3) is 5.33. The fourth-order valence-corrected chi connectivity index (χ4v) is 1.46. The molecule has 1 rings (SSSR count). The number of carboxylic acid groups (broad SMARTS) is 1. The Labute approximate surface area is 102 Å². The Hall–Kier alpha value is -1.58. The lowest BCUT2D eigenvalue weighted by atomic mass is 9.88. The summed E-state index contributed by atoms with van der Waals surface area (Å²) < 4.78 is 0. The van der Waals surface area contributed by atoms with E-state index in [4.69, 9.17) is 5.11 Å². The monoisotopic (exact) mass is 236 g/mol. The molecule has 0 saturated heterocycles. The van der Waals surface area contributed by atoms with E-state index < -0.39 is 12.0 Å². The number of aromatic nitrogens is 1. The molecule has 0 aromatic carbocycles. The van der Waals surface area contributed by atoms with Gasteiger partial charge in [0, 0.05) is 6.20 Å². The molecule has 4 heteroatoms. The predicted octanol–water partition coefficient (Wildman–Crippen LogP) is 2.77. The molecule has 0 spiro atoms. The second-order valence-electron chi connectivity index (χ2n) is 5.35. The van der Waals surface area contributed by atoms with E-state index in [1.54, 1.807) is 18.3 Å². The molecule has 4 nitrogen and oxygen atoms in total. The van der Waals surface area contributed by atoms with Crippen LogP contribution >= 0.6 is 0 Å². The summed E-state index contributed by atoms with van der Waals surface area (Å²) in [5.74, 6) is -0.228. The predicted molar refractivity (Wildman–Crippen MR) is 68.0 cm³/mol. The molecule has 0 saturated carbocycles. The number of pyridine rings is 1. The van der Waals surface area contributed by atoms with Crippen molar-refractivity contribution >= 4 is 11.8 Å². The largest absolute Gasteiger partial charge is 0.480 e. The van der Waals surface area contributed by atoms with E-state index in [-0.39, 0.29) is 5.41 Å². The van der Waals surface area contributed by atoms with Gasteiger partial charge in [-0.2, -0.15) is 0 Å². The van der Waals surface area contributed by atoms with Crippen LogP contribution in [0.4, 0.5) is 5.82 Å². The second kappa shape index (κ2) is 5.66. The van der Waals surface area contributed by atoms with Gasteiger partial charge in [0.25, 0.3) is 0 Å². The Balaban J connectivity index is 2.59. The van der Waals surface area contributed by atoms with Crippen molar-refractivity contribution in [1.82, 2.24) is 4.98 Å². The number of rotatable bonds is 5. The highest BCUT2D eigenvalue weighted by molar-refractivity contribution is 5.76. The maximum absolute atomic E-state index is 11.1. The van der Waals surface area contributed by atoms with Gasteiger partial charge >= 0.3 is 5.97 Å². The van der Waals surface area contributed by atoms with Gasteiger partial charge in [-0.1, -0.05) is 26.8 Å². The molecule has 1 heterocycles. The van der Waals surface area contributed by atoms with E-state index >= 15 is 0 Å². The third-order valence-electron chi connectivity index (χ3n) is 2.47. The molecule has 0 aliphatic carbocycles. The number of anilines is 1. The van der Waals surface area contributed by atoms with Crippen LogP contribution in [0.5, 0.6) is 0 Å². The molecule has 0 amide bonds. The van der Waals surface area contributed by atoms with Crippen LogP contribution in [0.2, 0.25) is 0 Å². The van der Waals surface area contributed by atoms with Crippen molar-refractivity contribution in [2.45, 2.75) is 39.7 Å². The highest BCUT2D eigenvalue weighted by atomic mass is 16.4. The van der Waals surface area contributed by atoms with Gasteiger partial charge in [0.1, 0.15) is 11.9 Å². The van der Waals surface area contributed by atoms with E-state index in [0.29, 0.717) is 12.2 Å². The molecule has 0 radical (unpaired) electrons. The molecule has 1 aromatic rings. The van der Waals surface area contributed by atoms with E-state index in [1.807, 2.05) is 6.07 Å². The van der Waals surface area contributed by atoms with Crippen molar-refractivity contribution in [3.05, 3.63) is 24.4 Å². The van der Waals surface area contributed by atoms with Crippen LogP contribution in [0, 0.1) is 5.41 Å². The minimum absolute atomic E-state index is 0.138. The first-order valence-electron chi connectivity index (χ1n) is 5.79. The first-order valence-corrected chi connectivity index (χ1v) is 5.79. The average molecular weight is 236 g/mol. The first kappa shape index (κ1) is 13.5. The maximum Gasteiger partial charge on any atom is 0.326 e. The number of nitrogens with one attached hydrogen (secondary N) is 1. The van der Waals surface area contributed by atoms with Crippen LogP contribution in [0.3, 0.4) is 0 Å².